The second-order valence-electron chi connectivity index (χ2n) is 1.56. The van der Waals surface area contributed by atoms with Gasteiger partial charge in [0, 0.05) is 6.04 Å². The van der Waals surface area contributed by atoms with Crippen LogP contribution in [0.5, 0.6) is 0 Å². The molecule has 0 radical (unpaired) electrons. The van der Waals surface area contributed by atoms with E-state index < -0.39 is 0 Å². The summed E-state index contributed by atoms with van der Waals surface area (Å²) in [5.74, 6) is 0. The zero-order valence-electron chi connectivity index (χ0n) is 4.89. The molecule has 0 aliphatic heterocycles. The molecule has 0 saturated carbocycles. The molecule has 0 amide bonds. The van der Waals surface area contributed by atoms with Crippen LogP contribution < -0.4 is 5.73 Å². The Morgan fingerprint density at radius 1 is 1.86 bits per heavy atom. The second-order valence-corrected chi connectivity index (χ2v) is 1.56. The highest BCUT2D eigenvalue weighted by molar-refractivity contribution is 5.51. The molecule has 0 fully saturated rings. The smallest absolute Gasteiger partial charge is 0.0801 e. The standard InChI is InChI=1S/C5H12N2/c1-3-5(2)7-4-6/h4-5H,3H2,1-2H3,(H2,6,7). The van der Waals surface area contributed by atoms with Gasteiger partial charge >= 0.3 is 0 Å². The minimum Gasteiger partial charge on any atom is -0.390 e. The number of nitrogens with two attached hydrogens (primary N) is 1. The van der Waals surface area contributed by atoms with Gasteiger partial charge in [0.2, 0.25) is 0 Å². The van der Waals surface area contributed by atoms with Crippen molar-refractivity contribution in [2.75, 3.05) is 0 Å². The maximum absolute atomic E-state index is 5.01. The van der Waals surface area contributed by atoms with Gasteiger partial charge in [-0.15, -0.1) is 0 Å². The topological polar surface area (TPSA) is 38.4 Å². The molecule has 0 aromatic heterocycles. The summed E-state index contributed by atoms with van der Waals surface area (Å²) in [6.07, 6.45) is 2.42. The fourth-order valence-electron chi connectivity index (χ4n) is 0.252. The Hall–Kier alpha value is -0.530. The summed E-state index contributed by atoms with van der Waals surface area (Å²) in [4.78, 5) is 3.90. The molecule has 1 unspecified atom stereocenters. The van der Waals surface area contributed by atoms with Crippen molar-refractivity contribution in [3.05, 3.63) is 0 Å². The lowest BCUT2D eigenvalue weighted by molar-refractivity contribution is 0.719. The molecule has 42 valence electrons. The van der Waals surface area contributed by atoms with Gasteiger partial charge in [-0.2, -0.15) is 0 Å². The van der Waals surface area contributed by atoms with Crippen LogP contribution in [0.15, 0.2) is 4.99 Å². The quantitative estimate of drug-likeness (QED) is 0.404. The van der Waals surface area contributed by atoms with Gasteiger partial charge in [0.25, 0.3) is 0 Å². The molecule has 0 bridgehead atoms. The Balaban J connectivity index is 3.16. The van der Waals surface area contributed by atoms with Crippen LogP contribution in [0.2, 0.25) is 0 Å². The number of hydrogen-bond acceptors (Lipinski definition) is 1. The van der Waals surface area contributed by atoms with E-state index in [1.807, 2.05) is 6.92 Å². The molecule has 0 heterocycles. The number of nitrogens with zero attached hydrogens (tertiary/aromatic N) is 1. The molecule has 0 aromatic carbocycles. The Morgan fingerprint density at radius 2 is 2.43 bits per heavy atom. The lowest BCUT2D eigenvalue weighted by atomic mass is 10.3. The van der Waals surface area contributed by atoms with Crippen LogP contribution in [0.25, 0.3) is 0 Å². The molecule has 2 nitrogen and oxygen atoms in total. The van der Waals surface area contributed by atoms with Crippen LogP contribution in [0, 0.1) is 0 Å². The zero-order chi connectivity index (χ0) is 5.70. The van der Waals surface area contributed by atoms with Crippen LogP contribution in [-0.4, -0.2) is 12.4 Å². The SMILES string of the molecule is CCC(C)N=CN. The summed E-state index contributed by atoms with van der Waals surface area (Å²) >= 11 is 0. The van der Waals surface area contributed by atoms with Crippen LogP contribution >= 0.6 is 0 Å². The first-order chi connectivity index (χ1) is 3.31. The molecule has 0 aromatic rings. The maximum atomic E-state index is 5.01. The summed E-state index contributed by atoms with van der Waals surface area (Å²) in [5.41, 5.74) is 5.01. The first-order valence-corrected chi connectivity index (χ1v) is 2.54. The van der Waals surface area contributed by atoms with Gasteiger partial charge in [0.05, 0.1) is 6.34 Å². The van der Waals surface area contributed by atoms with Crippen LogP contribution in [0.1, 0.15) is 20.3 Å². The van der Waals surface area contributed by atoms with Gasteiger partial charge < -0.3 is 5.73 Å². The largest absolute Gasteiger partial charge is 0.390 e. The number of aliphatic imine (C=N–C) groups is 1. The van der Waals surface area contributed by atoms with Gasteiger partial charge in [-0.05, 0) is 13.3 Å². The molecule has 1 atom stereocenters. The molecule has 2 N–H and O–H groups in total. The summed E-state index contributed by atoms with van der Waals surface area (Å²) in [5, 5.41) is 0. The average Bonchev–Trinajstić information content (AvgIpc) is 1.68. The van der Waals surface area contributed by atoms with Gasteiger partial charge in [0.1, 0.15) is 0 Å². The van der Waals surface area contributed by atoms with Crippen molar-refractivity contribution in [1.82, 2.24) is 0 Å². The second kappa shape index (κ2) is 3.65. The molecular formula is C5H12N2. The number of hydrogen-bond donors (Lipinski definition) is 1. The Kier molecular flexibility index (Phi) is 3.38. The lowest BCUT2D eigenvalue weighted by Crippen LogP contribution is -1.98. The third-order valence-corrected chi connectivity index (χ3v) is 0.931. The third kappa shape index (κ3) is 3.30. The molecule has 2 heteroatoms. The summed E-state index contributed by atoms with van der Waals surface area (Å²) in [7, 11) is 0. The van der Waals surface area contributed by atoms with Crippen molar-refractivity contribution in [2.24, 2.45) is 10.7 Å². The van der Waals surface area contributed by atoms with E-state index >= 15 is 0 Å². The minimum absolute atomic E-state index is 0.394. The fourth-order valence-corrected chi connectivity index (χ4v) is 0.252. The van der Waals surface area contributed by atoms with Crippen molar-refractivity contribution >= 4 is 6.34 Å². The molecular weight excluding hydrogens is 88.1 g/mol. The molecule has 7 heavy (non-hydrogen) atoms. The van der Waals surface area contributed by atoms with E-state index in [9.17, 15) is 0 Å². The van der Waals surface area contributed by atoms with Crippen molar-refractivity contribution in [3.63, 3.8) is 0 Å². The monoisotopic (exact) mass is 100 g/mol. The fraction of sp³-hybridized carbons (Fsp3) is 0.800. The Bertz CT molecular complexity index is 59.1. The molecule has 0 aliphatic rings. The normalized spacial score (nSPS) is 15.1. The van der Waals surface area contributed by atoms with Crippen molar-refractivity contribution < 1.29 is 0 Å². The van der Waals surface area contributed by atoms with E-state index in [0.29, 0.717) is 6.04 Å². The van der Waals surface area contributed by atoms with Crippen LogP contribution in [0.3, 0.4) is 0 Å². The summed E-state index contributed by atoms with van der Waals surface area (Å²) in [6.45, 7) is 4.11. The number of rotatable bonds is 2. The van der Waals surface area contributed by atoms with Gasteiger partial charge in [-0.3, -0.25) is 4.99 Å². The highest BCUT2D eigenvalue weighted by Gasteiger charge is 1.87. The first-order valence-electron chi connectivity index (χ1n) is 2.54. The van der Waals surface area contributed by atoms with E-state index in [-0.39, 0.29) is 0 Å². The van der Waals surface area contributed by atoms with Crippen molar-refractivity contribution in [3.8, 4) is 0 Å². The highest BCUT2D eigenvalue weighted by atomic mass is 14.8. The van der Waals surface area contributed by atoms with Gasteiger partial charge in [-0.1, -0.05) is 6.92 Å². The highest BCUT2D eigenvalue weighted by Crippen LogP contribution is 1.90. The lowest BCUT2D eigenvalue weighted by Gasteiger charge is -1.95. The summed E-state index contributed by atoms with van der Waals surface area (Å²) in [6, 6.07) is 0.394. The van der Waals surface area contributed by atoms with Crippen molar-refractivity contribution in [1.29, 1.82) is 0 Å². The van der Waals surface area contributed by atoms with E-state index in [1.54, 1.807) is 0 Å². The first kappa shape index (κ1) is 6.47. The van der Waals surface area contributed by atoms with Crippen LogP contribution in [0.4, 0.5) is 0 Å². The molecule has 0 spiro atoms. The van der Waals surface area contributed by atoms with E-state index in [1.165, 1.54) is 6.34 Å². The van der Waals surface area contributed by atoms with E-state index in [2.05, 4.69) is 11.9 Å². The predicted molar refractivity (Wildman–Crippen MR) is 32.4 cm³/mol. The molecule has 0 rings (SSSR count). The van der Waals surface area contributed by atoms with Crippen LogP contribution in [-0.2, 0) is 0 Å². The summed E-state index contributed by atoms with van der Waals surface area (Å²) < 4.78 is 0. The third-order valence-electron chi connectivity index (χ3n) is 0.931. The zero-order valence-corrected chi connectivity index (χ0v) is 4.89. The predicted octanol–water partition coefficient (Wildman–Crippen LogP) is 0.772. The van der Waals surface area contributed by atoms with E-state index in [4.69, 9.17) is 5.73 Å². The minimum atomic E-state index is 0.394. The van der Waals surface area contributed by atoms with Gasteiger partial charge in [-0.25, -0.2) is 0 Å². The Labute approximate surface area is 44.4 Å². The van der Waals surface area contributed by atoms with Crippen molar-refractivity contribution in [2.45, 2.75) is 26.3 Å². The maximum Gasteiger partial charge on any atom is 0.0801 e. The average molecular weight is 100 g/mol. The Morgan fingerprint density at radius 3 is 2.57 bits per heavy atom. The van der Waals surface area contributed by atoms with E-state index in [0.717, 1.165) is 6.42 Å². The van der Waals surface area contributed by atoms with Gasteiger partial charge in [0.15, 0.2) is 0 Å². The molecule has 0 aliphatic carbocycles. The molecule has 0 saturated heterocycles.